The molecule has 1 heterocycles. The largest absolute Gasteiger partial charge is 0.478 e. The van der Waals surface area contributed by atoms with Crippen LogP contribution in [0, 0.1) is 12.8 Å². The van der Waals surface area contributed by atoms with E-state index in [-0.39, 0.29) is 16.1 Å². The molecule has 1 fully saturated rings. The molecule has 0 spiro atoms. The zero-order chi connectivity index (χ0) is 23.4. The number of anilines is 2. The van der Waals surface area contributed by atoms with Crippen LogP contribution in [0.15, 0.2) is 77.7 Å². The van der Waals surface area contributed by atoms with Crippen molar-refractivity contribution >= 4 is 27.4 Å². The molecule has 0 unspecified atom stereocenters. The summed E-state index contributed by atoms with van der Waals surface area (Å²) in [6, 6.07) is 21.7. The normalized spacial score (nSPS) is 14.8. The third-order valence-electron chi connectivity index (χ3n) is 6.13. The zero-order valence-corrected chi connectivity index (χ0v) is 19.4. The zero-order valence-electron chi connectivity index (χ0n) is 18.6. The molecule has 1 aliphatic heterocycles. The predicted molar refractivity (Wildman–Crippen MR) is 130 cm³/mol. The first-order chi connectivity index (χ1) is 15.8. The van der Waals surface area contributed by atoms with Gasteiger partial charge in [0.05, 0.1) is 16.1 Å². The van der Waals surface area contributed by atoms with Gasteiger partial charge in [-0.05, 0) is 68.0 Å². The van der Waals surface area contributed by atoms with E-state index >= 15 is 0 Å². The van der Waals surface area contributed by atoms with Gasteiger partial charge in [-0.3, -0.25) is 4.72 Å². The molecule has 172 valence electrons. The predicted octanol–water partition coefficient (Wildman–Crippen LogP) is 4.95. The highest BCUT2D eigenvalue weighted by molar-refractivity contribution is 7.92. The number of aryl methyl sites for hydroxylation is 1. The van der Waals surface area contributed by atoms with Crippen LogP contribution in [0.5, 0.6) is 0 Å². The molecule has 33 heavy (non-hydrogen) atoms. The second-order valence-electron chi connectivity index (χ2n) is 8.58. The average Bonchev–Trinajstić information content (AvgIpc) is 2.80. The van der Waals surface area contributed by atoms with Gasteiger partial charge in [0, 0.05) is 18.8 Å². The summed E-state index contributed by atoms with van der Waals surface area (Å²) in [5.41, 5.74) is 3.24. The van der Waals surface area contributed by atoms with Crippen LogP contribution in [0.2, 0.25) is 0 Å². The highest BCUT2D eigenvalue weighted by atomic mass is 32.2. The van der Waals surface area contributed by atoms with Gasteiger partial charge in [-0.15, -0.1) is 0 Å². The lowest BCUT2D eigenvalue weighted by atomic mass is 9.90. The lowest BCUT2D eigenvalue weighted by Gasteiger charge is -2.34. The van der Waals surface area contributed by atoms with Crippen molar-refractivity contribution in [1.29, 1.82) is 0 Å². The van der Waals surface area contributed by atoms with Crippen LogP contribution in [0.3, 0.4) is 0 Å². The fourth-order valence-corrected chi connectivity index (χ4v) is 5.35. The Morgan fingerprint density at radius 2 is 1.67 bits per heavy atom. The lowest BCUT2D eigenvalue weighted by molar-refractivity contribution is 0.0697. The summed E-state index contributed by atoms with van der Waals surface area (Å²) >= 11 is 0. The highest BCUT2D eigenvalue weighted by Gasteiger charge is 2.24. The smallest absolute Gasteiger partial charge is 0.337 e. The van der Waals surface area contributed by atoms with E-state index in [9.17, 15) is 18.3 Å². The van der Waals surface area contributed by atoms with E-state index in [4.69, 9.17) is 0 Å². The number of carbonyl (C=O) groups is 1. The minimum atomic E-state index is -3.80. The average molecular weight is 465 g/mol. The third kappa shape index (κ3) is 5.54. The summed E-state index contributed by atoms with van der Waals surface area (Å²) in [7, 11) is -3.80. The minimum Gasteiger partial charge on any atom is -0.478 e. The maximum absolute atomic E-state index is 12.7. The molecule has 0 saturated carbocycles. The first kappa shape index (κ1) is 22.9. The molecule has 6 nitrogen and oxygen atoms in total. The molecule has 0 radical (unpaired) electrons. The van der Waals surface area contributed by atoms with Gasteiger partial charge in [0.2, 0.25) is 0 Å². The van der Waals surface area contributed by atoms with Gasteiger partial charge < -0.3 is 10.0 Å². The van der Waals surface area contributed by atoms with Gasteiger partial charge in [0.1, 0.15) is 0 Å². The molecule has 4 rings (SSSR count). The number of nitrogens with zero attached hydrogens (tertiary/aromatic N) is 1. The fraction of sp³-hybridized carbons (Fsp3) is 0.269. The maximum Gasteiger partial charge on any atom is 0.337 e. The molecule has 0 aromatic heterocycles. The maximum atomic E-state index is 12.7. The van der Waals surface area contributed by atoms with Crippen molar-refractivity contribution in [2.24, 2.45) is 5.92 Å². The number of aromatic carboxylic acids is 1. The summed E-state index contributed by atoms with van der Waals surface area (Å²) in [4.78, 5) is 14.2. The minimum absolute atomic E-state index is 0.0978. The first-order valence-electron chi connectivity index (χ1n) is 11.1. The van der Waals surface area contributed by atoms with Crippen LogP contribution < -0.4 is 9.62 Å². The van der Waals surface area contributed by atoms with E-state index in [2.05, 4.69) is 33.9 Å². The number of carboxylic acid groups (broad SMARTS) is 1. The quantitative estimate of drug-likeness (QED) is 0.516. The number of benzene rings is 3. The van der Waals surface area contributed by atoms with E-state index in [0.717, 1.165) is 37.9 Å². The second-order valence-corrected chi connectivity index (χ2v) is 10.3. The lowest BCUT2D eigenvalue weighted by Crippen LogP contribution is -2.35. The van der Waals surface area contributed by atoms with E-state index in [0.29, 0.717) is 11.6 Å². The molecule has 1 saturated heterocycles. The number of hydrogen-bond donors (Lipinski definition) is 2. The first-order valence-corrected chi connectivity index (χ1v) is 12.6. The van der Waals surface area contributed by atoms with Crippen molar-refractivity contribution in [2.75, 3.05) is 22.7 Å². The van der Waals surface area contributed by atoms with Crippen LogP contribution in [-0.4, -0.2) is 32.6 Å². The summed E-state index contributed by atoms with van der Waals surface area (Å²) in [6.45, 7) is 3.42. The van der Waals surface area contributed by atoms with Gasteiger partial charge in [0.15, 0.2) is 0 Å². The van der Waals surface area contributed by atoms with Crippen molar-refractivity contribution in [2.45, 2.75) is 31.1 Å². The van der Waals surface area contributed by atoms with Crippen LogP contribution in [0.25, 0.3) is 0 Å². The Kier molecular flexibility index (Phi) is 6.70. The SMILES string of the molecule is Cc1ccc(S(=O)(=O)Nc2ccc(N3CCC(Cc4ccccc4)CC3)c(C(=O)O)c2)cc1. The number of hydrogen-bond acceptors (Lipinski definition) is 4. The summed E-state index contributed by atoms with van der Waals surface area (Å²) in [6.07, 6.45) is 2.99. The summed E-state index contributed by atoms with van der Waals surface area (Å²) in [5.74, 6) is -0.509. The number of nitrogens with one attached hydrogen (secondary N) is 1. The molecule has 2 N–H and O–H groups in total. The molecular formula is C26H28N2O4S. The van der Waals surface area contributed by atoms with E-state index in [1.54, 1.807) is 24.3 Å². The van der Waals surface area contributed by atoms with E-state index < -0.39 is 16.0 Å². The standard InChI is InChI=1S/C26H28N2O4S/c1-19-7-10-23(11-8-19)33(31,32)27-22-9-12-25(24(18-22)26(29)30)28-15-13-21(14-16-28)17-20-5-3-2-4-6-20/h2-12,18,21,27H,13-17H2,1H3,(H,29,30). The van der Waals surface area contributed by atoms with Crippen LogP contribution >= 0.6 is 0 Å². The number of sulfonamides is 1. The van der Waals surface area contributed by atoms with Gasteiger partial charge >= 0.3 is 5.97 Å². The van der Waals surface area contributed by atoms with Gasteiger partial charge in [-0.2, -0.15) is 0 Å². The molecule has 0 aliphatic carbocycles. The van der Waals surface area contributed by atoms with Crippen LogP contribution in [0.1, 0.15) is 34.3 Å². The Labute approximate surface area is 194 Å². The van der Waals surface area contributed by atoms with Crippen LogP contribution in [-0.2, 0) is 16.4 Å². The van der Waals surface area contributed by atoms with Crippen molar-refractivity contribution in [1.82, 2.24) is 0 Å². The van der Waals surface area contributed by atoms with Gasteiger partial charge in [-0.1, -0.05) is 48.0 Å². The molecule has 3 aromatic rings. The Balaban J connectivity index is 1.47. The second kappa shape index (κ2) is 9.67. The molecule has 7 heteroatoms. The van der Waals surface area contributed by atoms with Crippen LogP contribution in [0.4, 0.5) is 11.4 Å². The molecule has 0 amide bonds. The Morgan fingerprint density at radius 3 is 2.30 bits per heavy atom. The molecule has 1 aliphatic rings. The summed E-state index contributed by atoms with van der Waals surface area (Å²) < 4.78 is 27.9. The van der Waals surface area contributed by atoms with Gasteiger partial charge in [-0.25, -0.2) is 13.2 Å². The number of carboxylic acids is 1. The summed E-state index contributed by atoms with van der Waals surface area (Å²) in [5, 5.41) is 9.81. The van der Waals surface area contributed by atoms with E-state index in [1.165, 1.54) is 23.8 Å². The molecule has 0 bridgehead atoms. The fourth-order valence-electron chi connectivity index (χ4n) is 4.30. The number of rotatable bonds is 7. The third-order valence-corrected chi connectivity index (χ3v) is 7.53. The molecule has 3 aromatic carbocycles. The van der Waals surface area contributed by atoms with Crippen molar-refractivity contribution in [3.8, 4) is 0 Å². The van der Waals surface area contributed by atoms with Crippen molar-refractivity contribution in [3.05, 3.63) is 89.5 Å². The van der Waals surface area contributed by atoms with E-state index in [1.807, 2.05) is 13.0 Å². The Morgan fingerprint density at radius 1 is 1.00 bits per heavy atom. The monoisotopic (exact) mass is 464 g/mol. The van der Waals surface area contributed by atoms with Crippen molar-refractivity contribution < 1.29 is 18.3 Å². The number of piperidine rings is 1. The van der Waals surface area contributed by atoms with Crippen molar-refractivity contribution in [3.63, 3.8) is 0 Å². The highest BCUT2D eigenvalue weighted by Crippen LogP contribution is 2.30. The topological polar surface area (TPSA) is 86.7 Å². The molecular weight excluding hydrogens is 436 g/mol. The Bertz CT molecular complexity index is 1220. The van der Waals surface area contributed by atoms with Gasteiger partial charge in [0.25, 0.3) is 10.0 Å². The Hall–Kier alpha value is -3.32. The molecule has 0 atom stereocenters.